The van der Waals surface area contributed by atoms with Gasteiger partial charge in [-0.3, -0.25) is 9.36 Å². The highest BCUT2D eigenvalue weighted by Gasteiger charge is 2.28. The third-order valence-electron chi connectivity index (χ3n) is 2.13. The van der Waals surface area contributed by atoms with E-state index in [-0.39, 0.29) is 5.56 Å². The van der Waals surface area contributed by atoms with Crippen LogP contribution in [-0.4, -0.2) is 28.2 Å². The maximum Gasteiger partial charge on any atom is 0.430 e. The van der Waals surface area contributed by atoms with Crippen molar-refractivity contribution in [1.82, 2.24) is 9.55 Å². The van der Waals surface area contributed by atoms with Crippen LogP contribution >= 0.6 is 0 Å². The molecule has 0 radical (unpaired) electrons. The first-order valence-electron chi connectivity index (χ1n) is 4.97. The normalized spacial score (nSPS) is 14.2. The van der Waals surface area contributed by atoms with Gasteiger partial charge in [0.25, 0.3) is 5.56 Å². The molecule has 0 aliphatic carbocycles. The molecule has 1 aromatic rings. The first-order chi connectivity index (χ1) is 8.32. The van der Waals surface area contributed by atoms with Crippen molar-refractivity contribution in [1.29, 1.82) is 0 Å². The van der Waals surface area contributed by atoms with Gasteiger partial charge in [-0.1, -0.05) is 0 Å². The van der Waals surface area contributed by atoms with E-state index in [0.717, 1.165) is 25.5 Å². The number of hydrogen-bond acceptors (Lipinski definition) is 4. The molecule has 0 atom stereocenters. The zero-order chi connectivity index (χ0) is 13.8. The molecule has 18 heavy (non-hydrogen) atoms. The number of carboxylic acid groups (broad SMARTS) is 1. The molecule has 0 aromatic carbocycles. The largest absolute Gasteiger partial charge is 0.542 e. The van der Waals surface area contributed by atoms with Gasteiger partial charge in [0.2, 0.25) is 0 Å². The highest BCUT2D eigenvalue weighted by atomic mass is 19.4. The molecule has 0 bridgehead atoms. The number of aliphatic carboxylic acids is 1. The van der Waals surface area contributed by atoms with Crippen LogP contribution in [0, 0.1) is 0 Å². The second-order valence-corrected chi connectivity index (χ2v) is 3.42. The van der Waals surface area contributed by atoms with Crippen molar-refractivity contribution >= 4 is 5.97 Å². The Balaban J connectivity index is 0.000000203. The molecule has 1 aliphatic heterocycles. The number of carbonyl (C=O) groups excluding carboxylic acids is 1. The highest BCUT2D eigenvalue weighted by Crippen LogP contribution is 2.11. The zero-order valence-electron chi connectivity index (χ0n) is 9.11. The summed E-state index contributed by atoms with van der Waals surface area (Å²) in [5, 5.41) is 10.9. The number of nitrogens with two attached hydrogens (primary N) is 1. The van der Waals surface area contributed by atoms with E-state index >= 15 is 0 Å². The number of nitrogens with zero attached hydrogens (tertiary/aromatic N) is 2. The van der Waals surface area contributed by atoms with Crippen molar-refractivity contribution in [3.05, 3.63) is 28.4 Å². The number of hydrogen-bond donors (Lipinski definition) is 1. The number of halogens is 3. The summed E-state index contributed by atoms with van der Waals surface area (Å²) in [6.07, 6.45) is -3.62. The molecule has 6 nitrogen and oxygen atoms in total. The molecular formula is C9H10F3N3O3. The predicted octanol–water partition coefficient (Wildman–Crippen LogP) is -2.38. The average molecular weight is 265 g/mol. The molecule has 1 aromatic heterocycles. The summed E-state index contributed by atoms with van der Waals surface area (Å²) >= 11 is 0. The minimum Gasteiger partial charge on any atom is -0.542 e. The Morgan fingerprint density at radius 2 is 2.11 bits per heavy atom. The number of carbonyl (C=O) groups is 1. The molecule has 0 unspecified atom stereocenters. The van der Waals surface area contributed by atoms with E-state index in [1.807, 2.05) is 0 Å². The quantitative estimate of drug-likeness (QED) is 0.567. The molecule has 100 valence electrons. The van der Waals surface area contributed by atoms with Crippen molar-refractivity contribution in [3.8, 4) is 0 Å². The summed E-state index contributed by atoms with van der Waals surface area (Å²) in [6.45, 7) is 2.61. The topological polar surface area (TPSA) is 91.6 Å². The monoisotopic (exact) mass is 265 g/mol. The van der Waals surface area contributed by atoms with Crippen LogP contribution in [0.1, 0.15) is 5.82 Å². The summed E-state index contributed by atoms with van der Waals surface area (Å²) in [5.74, 6) is -2.11. The Kier molecular flexibility index (Phi) is 4.43. The van der Waals surface area contributed by atoms with Crippen LogP contribution in [0.2, 0.25) is 0 Å². The summed E-state index contributed by atoms with van der Waals surface area (Å²) < 4.78 is 33.3. The Hall–Kier alpha value is -1.90. The number of quaternary nitrogens is 1. The minimum atomic E-state index is -5.19. The minimum absolute atomic E-state index is 0.0723. The fourth-order valence-electron chi connectivity index (χ4n) is 1.33. The summed E-state index contributed by atoms with van der Waals surface area (Å²) in [5.41, 5.74) is 0.0723. The molecule has 0 saturated carbocycles. The van der Waals surface area contributed by atoms with E-state index in [1.54, 1.807) is 10.8 Å². The van der Waals surface area contributed by atoms with E-state index in [2.05, 4.69) is 10.3 Å². The Bertz CT molecular complexity index is 484. The SMILES string of the molecule is O=C([O-])C(F)(F)F.O=c1ccnc2n1CC[NH2+]C2. The first-order valence-corrected chi connectivity index (χ1v) is 4.97. The first kappa shape index (κ1) is 14.2. The Morgan fingerprint density at radius 1 is 1.50 bits per heavy atom. The zero-order valence-corrected chi connectivity index (χ0v) is 9.11. The number of fused-ring (bicyclic) bond motifs is 1. The smallest absolute Gasteiger partial charge is 0.430 e. The van der Waals surface area contributed by atoms with Crippen molar-refractivity contribution in [2.45, 2.75) is 19.3 Å². The maximum absolute atomic E-state index is 11.2. The molecule has 0 amide bonds. The van der Waals surface area contributed by atoms with Crippen molar-refractivity contribution in [3.63, 3.8) is 0 Å². The van der Waals surface area contributed by atoms with Gasteiger partial charge >= 0.3 is 6.18 Å². The lowest BCUT2D eigenvalue weighted by atomic mass is 10.4. The number of aromatic nitrogens is 2. The fraction of sp³-hybridized carbons (Fsp3) is 0.444. The van der Waals surface area contributed by atoms with Gasteiger partial charge in [0, 0.05) is 12.3 Å². The van der Waals surface area contributed by atoms with E-state index in [1.165, 1.54) is 6.07 Å². The Labute approximate surface area is 99.1 Å². The van der Waals surface area contributed by atoms with Gasteiger partial charge < -0.3 is 15.2 Å². The lowest BCUT2D eigenvalue weighted by Crippen LogP contribution is -2.85. The maximum atomic E-state index is 11.2. The van der Waals surface area contributed by atoms with Crippen LogP contribution in [-0.2, 0) is 17.9 Å². The molecule has 9 heteroatoms. The molecule has 0 fully saturated rings. The number of rotatable bonds is 0. The average Bonchev–Trinajstić information content (AvgIpc) is 2.29. The molecule has 0 saturated heterocycles. The van der Waals surface area contributed by atoms with Gasteiger partial charge in [-0.2, -0.15) is 13.2 Å². The van der Waals surface area contributed by atoms with Crippen LogP contribution < -0.4 is 16.0 Å². The molecule has 1 aliphatic rings. The highest BCUT2D eigenvalue weighted by molar-refractivity contribution is 5.70. The lowest BCUT2D eigenvalue weighted by molar-refractivity contribution is -0.678. The van der Waals surface area contributed by atoms with Crippen molar-refractivity contribution in [2.24, 2.45) is 0 Å². The number of carboxylic acids is 1. The van der Waals surface area contributed by atoms with Crippen molar-refractivity contribution in [2.75, 3.05) is 6.54 Å². The Morgan fingerprint density at radius 3 is 2.61 bits per heavy atom. The second kappa shape index (κ2) is 5.63. The van der Waals surface area contributed by atoms with E-state index in [9.17, 15) is 18.0 Å². The molecular weight excluding hydrogens is 255 g/mol. The van der Waals surface area contributed by atoms with Gasteiger partial charge in [-0.05, 0) is 0 Å². The van der Waals surface area contributed by atoms with E-state index in [4.69, 9.17) is 9.90 Å². The van der Waals surface area contributed by atoms with Crippen molar-refractivity contribution < 1.29 is 28.4 Å². The van der Waals surface area contributed by atoms with Crippen LogP contribution in [0.15, 0.2) is 17.1 Å². The summed E-state index contributed by atoms with van der Waals surface area (Å²) in [4.78, 5) is 24.1. The van der Waals surface area contributed by atoms with Crippen LogP contribution in [0.25, 0.3) is 0 Å². The van der Waals surface area contributed by atoms with Crippen LogP contribution in [0.4, 0.5) is 13.2 Å². The third kappa shape index (κ3) is 3.84. The number of alkyl halides is 3. The summed E-state index contributed by atoms with van der Waals surface area (Å²) in [6, 6.07) is 1.51. The van der Waals surface area contributed by atoms with Gasteiger partial charge in [0.15, 0.2) is 5.82 Å². The van der Waals surface area contributed by atoms with Gasteiger partial charge in [0.05, 0.1) is 13.1 Å². The fourth-order valence-corrected chi connectivity index (χ4v) is 1.33. The predicted molar refractivity (Wildman–Crippen MR) is 50.1 cm³/mol. The molecule has 2 heterocycles. The van der Waals surface area contributed by atoms with Gasteiger partial charge in [-0.15, -0.1) is 0 Å². The molecule has 2 rings (SSSR count). The standard InChI is InChI=1S/C7H9N3O.C2HF3O2/c11-7-1-2-9-6-5-8-3-4-10(6)7;3-2(4,5)1(6)7/h1-2,8H,3-5H2;(H,6,7). The van der Waals surface area contributed by atoms with Gasteiger partial charge in [0.1, 0.15) is 12.5 Å². The van der Waals surface area contributed by atoms with Crippen LogP contribution in [0.3, 0.4) is 0 Å². The van der Waals surface area contributed by atoms with E-state index in [0.29, 0.717) is 0 Å². The molecule has 2 N–H and O–H groups in total. The third-order valence-corrected chi connectivity index (χ3v) is 2.13. The van der Waals surface area contributed by atoms with E-state index < -0.39 is 12.1 Å². The second-order valence-electron chi connectivity index (χ2n) is 3.42. The molecule has 0 spiro atoms. The van der Waals surface area contributed by atoms with Gasteiger partial charge in [-0.25, -0.2) is 4.98 Å². The summed E-state index contributed by atoms with van der Waals surface area (Å²) in [7, 11) is 0. The lowest BCUT2D eigenvalue weighted by Gasteiger charge is -2.14. The van der Waals surface area contributed by atoms with Crippen LogP contribution in [0.5, 0.6) is 0 Å².